The number of hydrogen-bond acceptors (Lipinski definition) is 4. The Bertz CT molecular complexity index is 415. The van der Waals surface area contributed by atoms with E-state index in [1.165, 1.54) is 11.3 Å². The van der Waals surface area contributed by atoms with Gasteiger partial charge in [0.1, 0.15) is 0 Å². The minimum absolute atomic E-state index is 0.0894. The normalized spacial score (nSPS) is 10.4. The summed E-state index contributed by atoms with van der Waals surface area (Å²) in [6, 6.07) is 3.61. The van der Waals surface area contributed by atoms with Crippen LogP contribution >= 0.6 is 11.3 Å². The molecule has 100 valence electrons. The van der Waals surface area contributed by atoms with Gasteiger partial charge in [0.05, 0.1) is 18.0 Å². The molecule has 18 heavy (non-hydrogen) atoms. The fraction of sp³-hybridized carbons (Fsp3) is 0.500. The van der Waals surface area contributed by atoms with Gasteiger partial charge in [0.2, 0.25) is 0 Å². The highest BCUT2D eigenvalue weighted by atomic mass is 32.1. The molecular weight excluding hydrogens is 252 g/mol. The monoisotopic (exact) mass is 270 g/mol. The lowest BCUT2D eigenvalue weighted by Gasteiger charge is -2.08. The van der Waals surface area contributed by atoms with E-state index < -0.39 is 0 Å². The van der Waals surface area contributed by atoms with E-state index in [0.717, 1.165) is 4.88 Å². The number of carbonyl (C=O) groups is 2. The standard InChI is InChI=1S/C12H18N2O3S/c1-8(2)7-17-14-11(15)6-13-12(16)10-5-4-9(3)18-10/h4-5,8H,6-7H2,1-3H3,(H,13,16)(H,14,15). The molecule has 0 saturated heterocycles. The highest BCUT2D eigenvalue weighted by Crippen LogP contribution is 2.14. The highest BCUT2D eigenvalue weighted by molar-refractivity contribution is 7.13. The van der Waals surface area contributed by atoms with Gasteiger partial charge in [-0.3, -0.25) is 14.4 Å². The van der Waals surface area contributed by atoms with Gasteiger partial charge >= 0.3 is 0 Å². The maximum atomic E-state index is 11.6. The molecule has 6 heteroatoms. The van der Waals surface area contributed by atoms with E-state index in [4.69, 9.17) is 4.84 Å². The summed E-state index contributed by atoms with van der Waals surface area (Å²) in [5.74, 6) is -0.265. The SMILES string of the molecule is Cc1ccc(C(=O)NCC(=O)NOCC(C)C)s1. The zero-order chi connectivity index (χ0) is 13.5. The second-order valence-electron chi connectivity index (χ2n) is 4.32. The Morgan fingerprint density at radius 2 is 2.11 bits per heavy atom. The molecule has 0 aliphatic heterocycles. The van der Waals surface area contributed by atoms with Crippen LogP contribution in [0.4, 0.5) is 0 Å². The van der Waals surface area contributed by atoms with Gasteiger partial charge in [-0.2, -0.15) is 0 Å². The van der Waals surface area contributed by atoms with Gasteiger partial charge < -0.3 is 5.32 Å². The molecule has 0 atom stereocenters. The van der Waals surface area contributed by atoms with E-state index in [9.17, 15) is 9.59 Å². The van der Waals surface area contributed by atoms with E-state index in [0.29, 0.717) is 17.4 Å². The highest BCUT2D eigenvalue weighted by Gasteiger charge is 2.09. The summed E-state index contributed by atoms with van der Waals surface area (Å²) in [4.78, 5) is 29.6. The van der Waals surface area contributed by atoms with Crippen molar-refractivity contribution < 1.29 is 14.4 Å². The van der Waals surface area contributed by atoms with E-state index in [1.807, 2.05) is 26.8 Å². The van der Waals surface area contributed by atoms with Crippen molar-refractivity contribution in [1.82, 2.24) is 10.8 Å². The first-order valence-electron chi connectivity index (χ1n) is 5.74. The minimum atomic E-state index is -0.364. The van der Waals surface area contributed by atoms with Crippen LogP contribution in [0.2, 0.25) is 0 Å². The summed E-state index contributed by atoms with van der Waals surface area (Å²) in [6.07, 6.45) is 0. The summed E-state index contributed by atoms with van der Waals surface area (Å²) in [7, 11) is 0. The fourth-order valence-electron chi connectivity index (χ4n) is 1.13. The van der Waals surface area contributed by atoms with Gasteiger partial charge in [0, 0.05) is 4.88 Å². The van der Waals surface area contributed by atoms with E-state index >= 15 is 0 Å². The van der Waals surface area contributed by atoms with Gasteiger partial charge in [-0.1, -0.05) is 13.8 Å². The number of hydrogen-bond donors (Lipinski definition) is 2. The largest absolute Gasteiger partial charge is 0.342 e. The van der Waals surface area contributed by atoms with Crippen LogP contribution in [0, 0.1) is 12.8 Å². The third kappa shape index (κ3) is 5.29. The van der Waals surface area contributed by atoms with E-state index in [2.05, 4.69) is 10.8 Å². The summed E-state index contributed by atoms with van der Waals surface area (Å²) in [5, 5.41) is 2.53. The molecular formula is C12H18N2O3S. The molecule has 1 rings (SSSR count). The summed E-state index contributed by atoms with van der Waals surface area (Å²) < 4.78 is 0. The average molecular weight is 270 g/mol. The molecule has 0 aromatic carbocycles. The molecule has 1 heterocycles. The van der Waals surface area contributed by atoms with Crippen LogP contribution in [0.1, 0.15) is 28.4 Å². The molecule has 1 aromatic heterocycles. The minimum Gasteiger partial charge on any atom is -0.342 e. The molecule has 0 spiro atoms. The Morgan fingerprint density at radius 1 is 1.39 bits per heavy atom. The van der Waals surface area contributed by atoms with Crippen molar-refractivity contribution in [2.24, 2.45) is 5.92 Å². The van der Waals surface area contributed by atoms with Gasteiger partial charge in [-0.05, 0) is 25.0 Å². The number of thiophene rings is 1. The predicted octanol–water partition coefficient (Wildman–Crippen LogP) is 1.49. The molecule has 2 N–H and O–H groups in total. The topological polar surface area (TPSA) is 67.4 Å². The van der Waals surface area contributed by atoms with Gasteiger partial charge in [-0.15, -0.1) is 11.3 Å². The number of aryl methyl sites for hydroxylation is 1. The van der Waals surface area contributed by atoms with Crippen molar-refractivity contribution in [3.05, 3.63) is 21.9 Å². The zero-order valence-corrected chi connectivity index (χ0v) is 11.6. The van der Waals surface area contributed by atoms with Crippen molar-refractivity contribution in [1.29, 1.82) is 0 Å². The predicted molar refractivity (Wildman–Crippen MR) is 70.3 cm³/mol. The maximum absolute atomic E-state index is 11.6. The molecule has 0 bridgehead atoms. The molecule has 0 aliphatic carbocycles. The molecule has 5 nitrogen and oxygen atoms in total. The second kappa shape index (κ2) is 7.13. The number of hydroxylamine groups is 1. The Morgan fingerprint density at radius 3 is 2.67 bits per heavy atom. The third-order valence-electron chi connectivity index (χ3n) is 1.98. The quantitative estimate of drug-likeness (QED) is 0.770. The van der Waals surface area contributed by atoms with Crippen LogP contribution in [-0.2, 0) is 9.63 Å². The van der Waals surface area contributed by atoms with Crippen molar-refractivity contribution in [3.8, 4) is 0 Å². The molecule has 0 unspecified atom stereocenters. The van der Waals surface area contributed by atoms with Crippen molar-refractivity contribution >= 4 is 23.2 Å². The van der Waals surface area contributed by atoms with Crippen LogP contribution < -0.4 is 10.8 Å². The zero-order valence-electron chi connectivity index (χ0n) is 10.8. The summed E-state index contributed by atoms with van der Waals surface area (Å²) in [6.45, 7) is 6.24. The van der Waals surface area contributed by atoms with Gasteiger partial charge in [0.15, 0.2) is 0 Å². The smallest absolute Gasteiger partial charge is 0.262 e. The molecule has 1 aromatic rings. The van der Waals surface area contributed by atoms with Crippen LogP contribution in [0.25, 0.3) is 0 Å². The lowest BCUT2D eigenvalue weighted by molar-refractivity contribution is -0.133. The first kappa shape index (κ1) is 14.7. The number of rotatable bonds is 6. The van der Waals surface area contributed by atoms with Crippen LogP contribution in [0.3, 0.4) is 0 Å². The first-order chi connectivity index (χ1) is 8.49. The average Bonchev–Trinajstić information content (AvgIpc) is 2.72. The lowest BCUT2D eigenvalue weighted by atomic mass is 10.2. The van der Waals surface area contributed by atoms with Crippen molar-refractivity contribution in [2.45, 2.75) is 20.8 Å². The second-order valence-corrected chi connectivity index (χ2v) is 5.61. The number of nitrogens with one attached hydrogen (secondary N) is 2. The first-order valence-corrected chi connectivity index (χ1v) is 6.56. The Kier molecular flexibility index (Phi) is 5.80. The Hall–Kier alpha value is -1.40. The maximum Gasteiger partial charge on any atom is 0.262 e. The molecule has 0 radical (unpaired) electrons. The van der Waals surface area contributed by atoms with Gasteiger partial charge in [0.25, 0.3) is 11.8 Å². The Balaban J connectivity index is 2.24. The van der Waals surface area contributed by atoms with Gasteiger partial charge in [-0.25, -0.2) is 5.48 Å². The molecule has 0 aliphatic rings. The lowest BCUT2D eigenvalue weighted by Crippen LogP contribution is -2.37. The Labute approximate surface area is 110 Å². The van der Waals surface area contributed by atoms with E-state index in [1.54, 1.807) is 6.07 Å². The number of amides is 2. The summed E-state index contributed by atoms with van der Waals surface area (Å²) in [5.41, 5.74) is 2.28. The fourth-order valence-corrected chi connectivity index (χ4v) is 1.91. The molecule has 0 saturated carbocycles. The van der Waals surface area contributed by atoms with Crippen molar-refractivity contribution in [3.63, 3.8) is 0 Å². The van der Waals surface area contributed by atoms with Crippen LogP contribution in [0.15, 0.2) is 12.1 Å². The summed E-state index contributed by atoms with van der Waals surface area (Å²) >= 11 is 1.39. The van der Waals surface area contributed by atoms with Crippen LogP contribution in [0.5, 0.6) is 0 Å². The van der Waals surface area contributed by atoms with Crippen molar-refractivity contribution in [2.75, 3.05) is 13.2 Å². The van der Waals surface area contributed by atoms with E-state index in [-0.39, 0.29) is 18.4 Å². The molecule has 0 fully saturated rings. The van der Waals surface area contributed by atoms with Crippen LogP contribution in [-0.4, -0.2) is 25.0 Å². The number of carbonyl (C=O) groups excluding carboxylic acids is 2. The molecule has 2 amide bonds. The third-order valence-corrected chi connectivity index (χ3v) is 2.98.